The molecule has 9 heteroatoms. The van der Waals surface area contributed by atoms with Crippen LogP contribution in [0.25, 0.3) is 0 Å². The zero-order chi connectivity index (χ0) is 15.7. The molecule has 0 radical (unpaired) electrons. The van der Waals surface area contributed by atoms with Crippen LogP contribution < -0.4 is 9.86 Å². The van der Waals surface area contributed by atoms with E-state index in [9.17, 15) is 16.8 Å². The average molecular weight is 353 g/mol. The predicted octanol–water partition coefficient (Wildman–Crippen LogP) is 1.71. The molecule has 1 fully saturated rings. The summed E-state index contributed by atoms with van der Waals surface area (Å²) >= 11 is 0.995. The van der Waals surface area contributed by atoms with Crippen molar-refractivity contribution >= 4 is 31.4 Å². The number of nitrogens with one attached hydrogen (secondary N) is 1. The van der Waals surface area contributed by atoms with Crippen molar-refractivity contribution < 1.29 is 16.8 Å². The highest BCUT2D eigenvalue weighted by Crippen LogP contribution is 2.28. The van der Waals surface area contributed by atoms with E-state index in [0.29, 0.717) is 17.7 Å². The fourth-order valence-corrected chi connectivity index (χ4v) is 6.09. The molecule has 0 aromatic carbocycles. The molecule has 1 heterocycles. The molecule has 1 aromatic heterocycles. The van der Waals surface area contributed by atoms with Gasteiger partial charge in [0.1, 0.15) is 4.21 Å². The summed E-state index contributed by atoms with van der Waals surface area (Å²) in [5, 5.41) is 4.72. The molecule has 1 saturated carbocycles. The van der Waals surface area contributed by atoms with E-state index < -0.39 is 26.1 Å². The predicted molar refractivity (Wildman–Crippen MR) is 83.0 cm³/mol. The maximum atomic E-state index is 12.3. The zero-order valence-electron chi connectivity index (χ0n) is 11.8. The first-order valence-electron chi connectivity index (χ1n) is 6.84. The lowest BCUT2D eigenvalue weighted by molar-refractivity contribution is 0.473. The van der Waals surface area contributed by atoms with Crippen LogP contribution in [0.3, 0.4) is 0 Å². The highest BCUT2D eigenvalue weighted by atomic mass is 32.2. The van der Waals surface area contributed by atoms with E-state index in [1.807, 2.05) is 0 Å². The van der Waals surface area contributed by atoms with Crippen molar-refractivity contribution in [2.45, 2.75) is 54.5 Å². The molecule has 120 valence electrons. The van der Waals surface area contributed by atoms with Gasteiger partial charge >= 0.3 is 0 Å². The van der Waals surface area contributed by atoms with E-state index >= 15 is 0 Å². The van der Waals surface area contributed by atoms with Crippen molar-refractivity contribution in [1.82, 2.24) is 4.72 Å². The molecular formula is C12H20N2O4S3. The van der Waals surface area contributed by atoms with E-state index in [2.05, 4.69) is 4.72 Å². The van der Waals surface area contributed by atoms with Gasteiger partial charge in [0.15, 0.2) is 0 Å². The van der Waals surface area contributed by atoms with E-state index in [1.165, 1.54) is 6.07 Å². The fraction of sp³-hybridized carbons (Fsp3) is 0.667. The van der Waals surface area contributed by atoms with Gasteiger partial charge in [0.25, 0.3) is 0 Å². The Kier molecular flexibility index (Phi) is 5.09. The number of hydrogen-bond acceptors (Lipinski definition) is 5. The lowest BCUT2D eigenvalue weighted by Crippen LogP contribution is -2.36. The van der Waals surface area contributed by atoms with Crippen molar-refractivity contribution in [3.8, 4) is 0 Å². The van der Waals surface area contributed by atoms with Crippen molar-refractivity contribution in [2.75, 3.05) is 0 Å². The van der Waals surface area contributed by atoms with Gasteiger partial charge in [-0.05, 0) is 31.9 Å². The Morgan fingerprint density at radius 1 is 1.19 bits per heavy atom. The molecule has 21 heavy (non-hydrogen) atoms. The quantitative estimate of drug-likeness (QED) is 0.841. The molecule has 1 aliphatic carbocycles. The van der Waals surface area contributed by atoms with Crippen LogP contribution >= 0.6 is 11.3 Å². The summed E-state index contributed by atoms with van der Waals surface area (Å²) in [6.45, 7) is 1.71. The summed E-state index contributed by atoms with van der Waals surface area (Å²) in [6, 6.07) is 2.54. The molecule has 0 saturated heterocycles. The van der Waals surface area contributed by atoms with Gasteiger partial charge in [0.05, 0.1) is 11.3 Å². The van der Waals surface area contributed by atoms with Crippen molar-refractivity contribution in [2.24, 2.45) is 5.14 Å². The Balaban J connectivity index is 2.10. The topological polar surface area (TPSA) is 106 Å². The zero-order valence-corrected chi connectivity index (χ0v) is 14.2. The summed E-state index contributed by atoms with van der Waals surface area (Å²) in [4.78, 5) is 0.637. The molecule has 3 N–H and O–H groups in total. The van der Waals surface area contributed by atoms with Gasteiger partial charge in [0, 0.05) is 4.88 Å². The molecule has 1 unspecified atom stereocenters. The van der Waals surface area contributed by atoms with Gasteiger partial charge in [-0.2, -0.15) is 0 Å². The Morgan fingerprint density at radius 3 is 2.33 bits per heavy atom. The molecule has 0 aliphatic heterocycles. The van der Waals surface area contributed by atoms with Gasteiger partial charge in [-0.25, -0.2) is 26.7 Å². The molecule has 1 atom stereocenters. The lowest BCUT2D eigenvalue weighted by Gasteiger charge is -2.23. The Bertz CT molecular complexity index is 688. The minimum Gasteiger partial charge on any atom is -0.224 e. The van der Waals surface area contributed by atoms with Crippen molar-refractivity contribution in [3.63, 3.8) is 0 Å². The summed E-state index contributed by atoms with van der Waals surface area (Å²) in [5.41, 5.74) is 0. The molecule has 0 amide bonds. The smallest absolute Gasteiger partial charge is 0.224 e. The molecule has 6 nitrogen and oxygen atoms in total. The van der Waals surface area contributed by atoms with Crippen LogP contribution in [0.5, 0.6) is 0 Å². The normalized spacial score (nSPS) is 19.5. The molecule has 1 aromatic rings. The van der Waals surface area contributed by atoms with E-state index in [4.69, 9.17) is 5.14 Å². The summed E-state index contributed by atoms with van der Waals surface area (Å²) in [7, 11) is -7.12. The van der Waals surface area contributed by atoms with Crippen LogP contribution in [0, 0.1) is 0 Å². The molecule has 2 rings (SSSR count). The largest absolute Gasteiger partial charge is 0.247 e. The second kappa shape index (κ2) is 6.33. The second-order valence-electron chi connectivity index (χ2n) is 5.35. The third-order valence-corrected chi connectivity index (χ3v) is 8.38. The van der Waals surface area contributed by atoms with E-state index in [0.717, 1.165) is 30.6 Å². The lowest BCUT2D eigenvalue weighted by atomic mass is 10.0. The Morgan fingerprint density at radius 2 is 1.81 bits per heavy atom. The van der Waals surface area contributed by atoms with Crippen LogP contribution in [-0.2, 0) is 20.0 Å². The Hall–Kier alpha value is -0.480. The van der Waals surface area contributed by atoms with Crippen molar-refractivity contribution in [1.29, 1.82) is 0 Å². The van der Waals surface area contributed by atoms with Gasteiger partial charge in [-0.1, -0.05) is 19.3 Å². The minimum atomic E-state index is -3.74. The highest BCUT2D eigenvalue weighted by molar-refractivity contribution is 7.91. The summed E-state index contributed by atoms with van der Waals surface area (Å²) in [6.07, 6.45) is 4.34. The Labute approximate surface area is 129 Å². The number of rotatable bonds is 5. The first kappa shape index (κ1) is 16.9. The summed E-state index contributed by atoms with van der Waals surface area (Å²) in [5.74, 6) is 0. The first-order chi connectivity index (χ1) is 9.70. The van der Waals surface area contributed by atoms with E-state index in [1.54, 1.807) is 13.0 Å². The summed E-state index contributed by atoms with van der Waals surface area (Å²) < 4.78 is 49.8. The molecule has 0 spiro atoms. The van der Waals surface area contributed by atoms with Crippen LogP contribution in [-0.4, -0.2) is 22.1 Å². The third kappa shape index (κ3) is 4.26. The maximum absolute atomic E-state index is 12.3. The van der Waals surface area contributed by atoms with Crippen molar-refractivity contribution in [3.05, 3.63) is 17.0 Å². The molecular weight excluding hydrogens is 332 g/mol. The van der Waals surface area contributed by atoms with Crippen LogP contribution in [0.1, 0.15) is 49.9 Å². The van der Waals surface area contributed by atoms with Crippen LogP contribution in [0.15, 0.2) is 16.3 Å². The third-order valence-electron chi connectivity index (χ3n) is 3.64. The monoisotopic (exact) mass is 352 g/mol. The van der Waals surface area contributed by atoms with E-state index in [-0.39, 0.29) is 9.46 Å². The SMILES string of the molecule is CC(NS(=O)(=O)C1CCCCC1)c1ccc(S(N)(=O)=O)s1. The van der Waals surface area contributed by atoms with Crippen LogP contribution in [0.2, 0.25) is 0 Å². The second-order valence-corrected chi connectivity index (χ2v) is 10.2. The van der Waals surface area contributed by atoms with Gasteiger partial charge < -0.3 is 0 Å². The maximum Gasteiger partial charge on any atom is 0.247 e. The molecule has 1 aliphatic rings. The highest BCUT2D eigenvalue weighted by Gasteiger charge is 2.29. The van der Waals surface area contributed by atoms with Gasteiger partial charge in [0.2, 0.25) is 20.0 Å². The molecule has 0 bridgehead atoms. The number of sulfonamides is 2. The number of nitrogens with two attached hydrogens (primary N) is 1. The number of primary sulfonamides is 1. The standard InChI is InChI=1S/C12H20N2O4S3/c1-9(11-7-8-12(19-11)20(13,15)16)14-21(17,18)10-5-3-2-4-6-10/h7-10,14H,2-6H2,1H3,(H2,13,15,16). The van der Waals surface area contributed by atoms with Gasteiger partial charge in [-0.15, -0.1) is 11.3 Å². The first-order valence-corrected chi connectivity index (χ1v) is 10.7. The number of thiophene rings is 1. The van der Waals surface area contributed by atoms with Crippen LogP contribution in [0.4, 0.5) is 0 Å². The number of hydrogen-bond donors (Lipinski definition) is 2. The average Bonchev–Trinajstić information content (AvgIpc) is 2.89. The fourth-order valence-electron chi connectivity index (χ4n) is 2.50. The minimum absolute atomic E-state index is 0.0428. The van der Waals surface area contributed by atoms with Gasteiger partial charge in [-0.3, -0.25) is 0 Å².